The van der Waals surface area contributed by atoms with Crippen LogP contribution >= 0.6 is 0 Å². The molecule has 0 saturated carbocycles. The molecule has 0 spiro atoms. The maximum absolute atomic E-state index is 10.7. The van der Waals surface area contributed by atoms with E-state index >= 15 is 0 Å². The Morgan fingerprint density at radius 2 is 2.09 bits per heavy atom. The molecule has 0 rings (SSSR count). The zero-order chi connectivity index (χ0) is 7.82. The Morgan fingerprint density at radius 3 is 2.55 bits per heavy atom. The average molecular weight is 321 g/mol. The summed E-state index contributed by atoms with van der Waals surface area (Å²) in [6.45, 7) is 2.35. The first-order valence-electron chi connectivity index (χ1n) is 3.76. The standard InChI is InChI=1S/C7H13O2.HI.Zn/c1-3-5-6-7(8)9-4-2;;/h1,3-6H2,2H3;1H;/q;;+1/p-1. The molecule has 0 aliphatic carbocycles. The van der Waals surface area contributed by atoms with Crippen molar-refractivity contribution >= 4 is 5.97 Å². The summed E-state index contributed by atoms with van der Waals surface area (Å²) in [5, 5.41) is 1.28. The molecule has 0 unspecified atom stereocenters. The summed E-state index contributed by atoms with van der Waals surface area (Å²) in [7, 11) is 0. The average Bonchev–Trinajstić information content (AvgIpc) is 1.89. The van der Waals surface area contributed by atoms with Crippen molar-refractivity contribution in [2.75, 3.05) is 6.61 Å². The van der Waals surface area contributed by atoms with E-state index in [0.29, 0.717) is 13.0 Å². The second-order valence-electron chi connectivity index (χ2n) is 2.12. The monoisotopic (exact) mass is 320 g/mol. The molecule has 0 atom stereocenters. The van der Waals surface area contributed by atoms with Gasteiger partial charge in [0.2, 0.25) is 0 Å². The van der Waals surface area contributed by atoms with E-state index in [-0.39, 0.29) is 29.9 Å². The van der Waals surface area contributed by atoms with Gasteiger partial charge in [-0.1, -0.05) is 0 Å². The summed E-state index contributed by atoms with van der Waals surface area (Å²) in [5.41, 5.74) is 0. The van der Waals surface area contributed by atoms with Crippen LogP contribution in [0.3, 0.4) is 0 Å². The molecular formula is C7H13IO2Zn. The van der Waals surface area contributed by atoms with Crippen molar-refractivity contribution in [3.8, 4) is 0 Å². The molecule has 4 heteroatoms. The number of unbranched alkanes of at least 4 members (excludes halogenated alkanes) is 1. The molecule has 62 valence electrons. The van der Waals surface area contributed by atoms with E-state index in [1.54, 1.807) is 0 Å². The zero-order valence-corrected chi connectivity index (χ0v) is 12.1. The van der Waals surface area contributed by atoms with Crippen LogP contribution in [0.25, 0.3) is 0 Å². The van der Waals surface area contributed by atoms with Crippen LogP contribution in [0.4, 0.5) is 0 Å². The van der Waals surface area contributed by atoms with Gasteiger partial charge < -0.3 is 24.0 Å². The minimum absolute atomic E-state index is 0. The fourth-order valence-electron chi connectivity index (χ4n) is 0.679. The minimum Gasteiger partial charge on any atom is -1.00 e. The van der Waals surface area contributed by atoms with Gasteiger partial charge in [0.1, 0.15) is 0 Å². The van der Waals surface area contributed by atoms with Crippen molar-refractivity contribution in [2.45, 2.75) is 31.2 Å². The van der Waals surface area contributed by atoms with Gasteiger partial charge in [0.05, 0.1) is 0 Å². The van der Waals surface area contributed by atoms with Crippen LogP contribution in [0.1, 0.15) is 26.2 Å². The van der Waals surface area contributed by atoms with Gasteiger partial charge in [-0.3, -0.25) is 0 Å². The first-order valence-corrected chi connectivity index (χ1v) is 5.86. The molecule has 0 aromatic carbocycles. The minimum atomic E-state index is -0.0454. The Balaban J connectivity index is 0. The summed E-state index contributed by atoms with van der Waals surface area (Å²) >= 11 is 1.34. The Bertz CT molecular complexity index is 98.4. The van der Waals surface area contributed by atoms with Crippen molar-refractivity contribution in [1.82, 2.24) is 0 Å². The van der Waals surface area contributed by atoms with Crippen molar-refractivity contribution in [2.24, 2.45) is 0 Å². The van der Waals surface area contributed by atoms with Crippen molar-refractivity contribution in [3.63, 3.8) is 0 Å². The molecule has 2 nitrogen and oxygen atoms in total. The maximum Gasteiger partial charge on any atom is -1.00 e. The third kappa shape index (κ3) is 10.8. The summed E-state index contributed by atoms with van der Waals surface area (Å²) < 4.78 is 4.76. The van der Waals surface area contributed by atoms with Gasteiger partial charge in [-0.15, -0.1) is 0 Å². The molecule has 0 saturated heterocycles. The van der Waals surface area contributed by atoms with E-state index in [1.165, 1.54) is 29.7 Å². The Kier molecular flexibility index (Phi) is 14.1. The number of carbonyl (C=O) groups is 1. The van der Waals surface area contributed by atoms with Gasteiger partial charge in [0.25, 0.3) is 0 Å². The van der Waals surface area contributed by atoms with E-state index < -0.39 is 0 Å². The third-order valence-corrected chi connectivity index (χ3v) is 2.24. The molecule has 11 heavy (non-hydrogen) atoms. The molecule has 0 aromatic heterocycles. The zero-order valence-electron chi connectivity index (χ0n) is 6.94. The molecule has 0 aliphatic rings. The van der Waals surface area contributed by atoms with E-state index in [4.69, 9.17) is 4.74 Å². The maximum atomic E-state index is 10.7. The van der Waals surface area contributed by atoms with E-state index in [2.05, 4.69) is 0 Å². The molecule has 0 fully saturated rings. The first kappa shape index (κ1) is 14.4. The number of hydrogen-bond acceptors (Lipinski definition) is 2. The molecule has 0 aromatic rings. The quantitative estimate of drug-likeness (QED) is 0.272. The summed E-state index contributed by atoms with van der Waals surface area (Å²) in [6, 6.07) is 0. The predicted molar refractivity (Wildman–Crippen MR) is 35.3 cm³/mol. The van der Waals surface area contributed by atoms with E-state index in [9.17, 15) is 4.79 Å². The molecule has 0 aliphatic heterocycles. The van der Waals surface area contributed by atoms with Crippen molar-refractivity contribution in [1.29, 1.82) is 0 Å². The topological polar surface area (TPSA) is 26.3 Å². The Labute approximate surface area is 95.1 Å². The number of halogens is 1. The van der Waals surface area contributed by atoms with Crippen LogP contribution in [-0.4, -0.2) is 12.6 Å². The second-order valence-corrected chi connectivity index (χ2v) is 3.60. The number of carbonyl (C=O) groups excluding carboxylic acids is 1. The van der Waals surface area contributed by atoms with Gasteiger partial charge in [0, 0.05) is 0 Å². The largest absolute Gasteiger partial charge is 1.00 e. The van der Waals surface area contributed by atoms with Crippen molar-refractivity contribution in [3.05, 3.63) is 0 Å². The summed E-state index contributed by atoms with van der Waals surface area (Å²) in [5.74, 6) is -0.0454. The number of ether oxygens (including phenoxy) is 1. The summed E-state index contributed by atoms with van der Waals surface area (Å²) in [6.07, 6.45) is 2.78. The molecule has 0 heterocycles. The van der Waals surface area contributed by atoms with E-state index in [1.807, 2.05) is 6.92 Å². The van der Waals surface area contributed by atoms with Gasteiger partial charge in [-0.2, -0.15) is 0 Å². The van der Waals surface area contributed by atoms with Gasteiger partial charge in [0.15, 0.2) is 0 Å². The second kappa shape index (κ2) is 10.8. The van der Waals surface area contributed by atoms with Gasteiger partial charge in [-0.25, -0.2) is 0 Å². The molecule has 0 amide bonds. The molecule has 0 radical (unpaired) electrons. The van der Waals surface area contributed by atoms with Crippen molar-refractivity contribution < 1.29 is 51.8 Å². The normalized spacial score (nSPS) is 8.64. The third-order valence-electron chi connectivity index (χ3n) is 1.19. The Morgan fingerprint density at radius 1 is 1.45 bits per heavy atom. The van der Waals surface area contributed by atoms with Gasteiger partial charge in [-0.05, 0) is 0 Å². The van der Waals surface area contributed by atoms with Crippen LogP contribution in [0, 0.1) is 0 Å². The van der Waals surface area contributed by atoms with E-state index in [0.717, 1.165) is 6.42 Å². The van der Waals surface area contributed by atoms with Crippen LogP contribution in [0.15, 0.2) is 0 Å². The Hall–Kier alpha value is 0.823. The molecule has 0 bridgehead atoms. The SMILES string of the molecule is CCOC(=O)CCC[CH2][Zn+].[I-]. The predicted octanol–water partition coefficient (Wildman–Crippen LogP) is -1.31. The van der Waals surface area contributed by atoms with Crippen LogP contribution in [0.5, 0.6) is 0 Å². The number of hydrogen-bond donors (Lipinski definition) is 0. The van der Waals surface area contributed by atoms with Crippen LogP contribution in [-0.2, 0) is 27.8 Å². The van der Waals surface area contributed by atoms with Gasteiger partial charge >= 0.3 is 71.6 Å². The molecule has 0 N–H and O–H groups in total. The smallest absolute Gasteiger partial charge is 1.00 e. The van der Waals surface area contributed by atoms with Crippen LogP contribution in [0.2, 0.25) is 5.02 Å². The first-order chi connectivity index (χ1) is 4.81. The van der Waals surface area contributed by atoms with Crippen LogP contribution < -0.4 is 24.0 Å². The molecular weight excluding hydrogens is 308 g/mol. The number of esters is 1. The fourth-order valence-corrected chi connectivity index (χ4v) is 1.42. The summed E-state index contributed by atoms with van der Waals surface area (Å²) in [4.78, 5) is 10.7. The fraction of sp³-hybridized carbons (Fsp3) is 0.857. The number of rotatable bonds is 5.